The maximum Gasteiger partial charge on any atom is 0.315 e. The average molecular weight is 1210 g/mol. The first-order valence-electron chi connectivity index (χ1n) is 30.5. The molecule has 482 valence electrons. The number of esters is 1. The van der Waals surface area contributed by atoms with Crippen LogP contribution in [-0.4, -0.2) is 251 Å². The van der Waals surface area contributed by atoms with Crippen molar-refractivity contribution >= 4 is 5.97 Å². The fourth-order valence-corrected chi connectivity index (χ4v) is 17.5. The van der Waals surface area contributed by atoms with Crippen molar-refractivity contribution in [2.75, 3.05) is 19.8 Å². The van der Waals surface area contributed by atoms with Gasteiger partial charge in [0.2, 0.25) is 6.29 Å². The minimum Gasteiger partial charge on any atom is -0.432 e. The van der Waals surface area contributed by atoms with Gasteiger partial charge in [0.15, 0.2) is 31.3 Å². The van der Waals surface area contributed by atoms with E-state index in [1.54, 1.807) is 0 Å². The predicted molar refractivity (Wildman–Crippen MR) is 287 cm³/mol. The molecule has 25 nitrogen and oxygen atoms in total. The molecule has 0 amide bonds. The van der Waals surface area contributed by atoms with Gasteiger partial charge in [-0.2, -0.15) is 0 Å². The van der Waals surface area contributed by atoms with E-state index in [9.17, 15) is 71.5 Å². The predicted octanol–water partition coefficient (Wildman–Crippen LogP) is -1.52. The van der Waals surface area contributed by atoms with E-state index in [0.29, 0.717) is 38.5 Å². The molecule has 25 heteroatoms. The topological polar surface area (TPSA) is 393 Å². The molecule has 0 aromatic rings. The van der Waals surface area contributed by atoms with E-state index in [0.717, 1.165) is 25.7 Å². The summed E-state index contributed by atoms with van der Waals surface area (Å²) in [5.74, 6) is -0.650. The van der Waals surface area contributed by atoms with E-state index in [1.807, 2.05) is 0 Å². The second-order valence-corrected chi connectivity index (χ2v) is 28.6. The molecule has 5 aliphatic carbocycles. The molecule has 0 aromatic heterocycles. The molecule has 9 fully saturated rings. The summed E-state index contributed by atoms with van der Waals surface area (Å²) >= 11 is 0. The fraction of sp³-hybridized carbons (Fsp3) is 0.949. The third-order valence-electron chi connectivity index (χ3n) is 23.1. The molecule has 84 heavy (non-hydrogen) atoms. The zero-order valence-electron chi connectivity index (χ0n) is 49.7. The molecule has 0 radical (unpaired) electrons. The summed E-state index contributed by atoms with van der Waals surface area (Å²) in [7, 11) is 0. The largest absolute Gasteiger partial charge is 0.432 e. The highest BCUT2D eigenvalue weighted by atomic mass is 16.8. The summed E-state index contributed by atoms with van der Waals surface area (Å²) in [6.45, 7) is 17.2. The van der Waals surface area contributed by atoms with E-state index in [1.165, 1.54) is 19.4 Å². The second-order valence-electron chi connectivity index (χ2n) is 28.6. The number of aliphatic hydroxyl groups excluding tert-OH is 14. The van der Waals surface area contributed by atoms with Crippen molar-refractivity contribution in [2.24, 2.45) is 50.2 Å². The van der Waals surface area contributed by atoms with Crippen LogP contribution in [0.2, 0.25) is 0 Å². The van der Waals surface area contributed by atoms with Crippen LogP contribution in [0.3, 0.4) is 0 Å². The number of carbonyl (C=O) groups excluding carboxylic acids is 1. The Balaban J connectivity index is 0.904. The highest BCUT2D eigenvalue weighted by molar-refractivity contribution is 5.79. The molecule has 4 saturated carbocycles. The van der Waals surface area contributed by atoms with Crippen molar-refractivity contribution in [3.05, 3.63) is 11.6 Å². The van der Waals surface area contributed by atoms with E-state index < -0.39 is 189 Å². The molecule has 10 aliphatic rings. The molecule has 0 spiro atoms. The van der Waals surface area contributed by atoms with Gasteiger partial charge in [-0.3, -0.25) is 4.79 Å². The molecule has 0 aromatic carbocycles. The van der Waals surface area contributed by atoms with Gasteiger partial charge in [0, 0.05) is 0 Å². The van der Waals surface area contributed by atoms with Crippen LogP contribution in [-0.2, 0) is 52.2 Å². The molecule has 32 unspecified atom stereocenters. The van der Waals surface area contributed by atoms with E-state index in [4.69, 9.17) is 47.4 Å². The first-order valence-corrected chi connectivity index (χ1v) is 30.5. The lowest BCUT2D eigenvalue weighted by Crippen LogP contribution is -2.67. The van der Waals surface area contributed by atoms with Crippen LogP contribution in [0.5, 0.6) is 0 Å². The molecule has 5 aliphatic heterocycles. The van der Waals surface area contributed by atoms with Gasteiger partial charge in [0.05, 0.1) is 43.5 Å². The van der Waals surface area contributed by atoms with Crippen LogP contribution in [0.25, 0.3) is 0 Å². The van der Waals surface area contributed by atoms with Crippen LogP contribution in [0.4, 0.5) is 0 Å². The summed E-state index contributed by atoms with van der Waals surface area (Å²) in [6.07, 6.45) is -28.8. The van der Waals surface area contributed by atoms with Gasteiger partial charge in [-0.1, -0.05) is 60.1 Å². The molecule has 14 N–H and O–H groups in total. The Labute approximate surface area is 490 Å². The van der Waals surface area contributed by atoms with Crippen LogP contribution in [0.1, 0.15) is 127 Å². The van der Waals surface area contributed by atoms with Crippen molar-refractivity contribution in [1.29, 1.82) is 0 Å². The second kappa shape index (κ2) is 23.8. The molecule has 32 atom stereocenters. The Morgan fingerprint density at radius 2 is 1.12 bits per heavy atom. The normalized spacial score (nSPS) is 54.6. The first-order chi connectivity index (χ1) is 39.3. The third-order valence-corrected chi connectivity index (χ3v) is 23.1. The average Bonchev–Trinajstić information content (AvgIpc) is 0.727. The summed E-state index contributed by atoms with van der Waals surface area (Å²) in [5, 5.41) is 151. The van der Waals surface area contributed by atoms with Gasteiger partial charge in [-0.15, -0.1) is 0 Å². The molecule has 5 saturated heterocycles. The van der Waals surface area contributed by atoms with Gasteiger partial charge < -0.3 is 119 Å². The number of carbonyl (C=O) groups is 1. The molecule has 0 bridgehead atoms. The smallest absolute Gasteiger partial charge is 0.315 e. The lowest BCUT2D eigenvalue weighted by molar-refractivity contribution is -0.376. The Morgan fingerprint density at radius 1 is 0.560 bits per heavy atom. The zero-order chi connectivity index (χ0) is 61.3. The number of hydrogen-bond acceptors (Lipinski definition) is 25. The van der Waals surface area contributed by atoms with Crippen molar-refractivity contribution in [3.8, 4) is 0 Å². The van der Waals surface area contributed by atoms with Crippen LogP contribution in [0, 0.1) is 50.2 Å². The van der Waals surface area contributed by atoms with Gasteiger partial charge in [0.25, 0.3) is 0 Å². The minimum atomic E-state index is -1.90. The Bertz CT molecular complexity index is 2350. The molecular weight excluding hydrogens is 1110 g/mol. The minimum absolute atomic E-state index is 0.102. The molecular formula is C59H96O25. The maximum absolute atomic E-state index is 15.6. The maximum atomic E-state index is 15.6. The monoisotopic (exact) mass is 1200 g/mol. The lowest BCUT2D eigenvalue weighted by atomic mass is 9.33. The lowest BCUT2D eigenvalue weighted by Gasteiger charge is -2.71. The molecule has 5 heterocycles. The van der Waals surface area contributed by atoms with Crippen molar-refractivity contribution in [1.82, 2.24) is 0 Å². The Morgan fingerprint density at radius 3 is 1.73 bits per heavy atom. The number of ether oxygens (including phenoxy) is 10. The number of aliphatic hydroxyl groups is 14. The quantitative estimate of drug-likeness (QED) is 0.0600. The zero-order valence-corrected chi connectivity index (χ0v) is 49.7. The number of hydrogen-bond donors (Lipinski definition) is 14. The van der Waals surface area contributed by atoms with E-state index in [-0.39, 0.29) is 40.6 Å². The van der Waals surface area contributed by atoms with Crippen molar-refractivity contribution in [2.45, 2.75) is 280 Å². The highest BCUT2D eigenvalue weighted by Gasteiger charge is 2.70. The van der Waals surface area contributed by atoms with Crippen molar-refractivity contribution < 1.29 is 124 Å². The SMILES string of the molecule is CC1OC(OC2C(OC(=O)C34CCC(C)(C)CC3C3=CCC5C6(C)CCC(OC7OC(CO)C(O)C(O)C7OC7OC(C)C(O)C(O)C7O)C(C)(C)C6CCC5(C)C3(C)CC4)OC(COC3OCC(O)C(O)C3O)C(O)C2O)C(O)C(O)C1O. The van der Waals surface area contributed by atoms with Crippen LogP contribution in [0.15, 0.2) is 11.6 Å². The number of allylic oxidation sites excluding steroid dienone is 2. The van der Waals surface area contributed by atoms with Gasteiger partial charge in [0.1, 0.15) is 97.7 Å². The summed E-state index contributed by atoms with van der Waals surface area (Å²) in [4.78, 5) is 15.6. The number of fused-ring (bicyclic) bond motifs is 7. The van der Waals surface area contributed by atoms with E-state index >= 15 is 4.79 Å². The Kier molecular flexibility index (Phi) is 18.5. The summed E-state index contributed by atoms with van der Waals surface area (Å²) in [5.41, 5.74) is -1.51. The van der Waals surface area contributed by atoms with Crippen LogP contribution >= 0.6 is 0 Å². The fourth-order valence-electron chi connectivity index (χ4n) is 17.5. The van der Waals surface area contributed by atoms with Crippen molar-refractivity contribution in [3.63, 3.8) is 0 Å². The summed E-state index contributed by atoms with van der Waals surface area (Å²) < 4.78 is 60.6. The highest BCUT2D eigenvalue weighted by Crippen LogP contribution is 2.76. The number of rotatable bonds is 12. The van der Waals surface area contributed by atoms with Gasteiger partial charge in [-0.25, -0.2) is 0 Å². The molecule has 10 rings (SSSR count). The summed E-state index contributed by atoms with van der Waals surface area (Å²) in [6, 6.07) is 0. The van der Waals surface area contributed by atoms with Gasteiger partial charge >= 0.3 is 5.97 Å². The standard InChI is InChI=1S/C59H96O25/c1-24-34(62)39(67)44(72)49(77-24)82-46-41(69)37(65)29(21-60)79-51(46)81-33-13-14-56(7)31(55(33,5)6)12-15-58(9)32(56)11-10-26-27-20-54(3,4)16-18-59(27,19-17-57(26,58)8)53(74)84-52-47(83-50-45(73)40(68)35(63)25(2)78-50)42(70)38(66)30(80-52)23-76-48-43(71)36(64)28(61)22-75-48/h10,24-25,27-52,60-73H,11-23H2,1-9H3. The third kappa shape index (κ3) is 10.9. The van der Waals surface area contributed by atoms with Gasteiger partial charge in [-0.05, 0) is 123 Å². The van der Waals surface area contributed by atoms with Crippen LogP contribution < -0.4 is 0 Å². The Hall–Kier alpha value is -1.71. The first kappa shape index (κ1) is 65.2. The van der Waals surface area contributed by atoms with E-state index in [2.05, 4.69) is 54.5 Å².